The zero-order chi connectivity index (χ0) is 12.3. The average Bonchev–Trinajstić information content (AvgIpc) is 2.68. The maximum atomic E-state index is 10.8. The first-order valence-corrected chi connectivity index (χ1v) is 6.49. The van der Waals surface area contributed by atoms with Gasteiger partial charge in [-0.1, -0.05) is 30.2 Å². The zero-order valence-electron chi connectivity index (χ0n) is 9.73. The third-order valence-corrected chi connectivity index (χ3v) is 3.92. The standard InChI is InChI=1S/C14H17ClO2/c15-13-6-4-10(5-7-13)8-11-2-1-3-12(11)9-14(16)17/h4-7,11-12H,1-3,8-9H2,(H,16,17). The first-order valence-electron chi connectivity index (χ1n) is 6.11. The Bertz CT molecular complexity index is 386. The summed E-state index contributed by atoms with van der Waals surface area (Å²) < 4.78 is 0. The van der Waals surface area contributed by atoms with Gasteiger partial charge in [-0.15, -0.1) is 0 Å². The van der Waals surface area contributed by atoms with Gasteiger partial charge in [0.05, 0.1) is 0 Å². The van der Waals surface area contributed by atoms with Gasteiger partial charge in [0.15, 0.2) is 0 Å². The Hall–Kier alpha value is -1.02. The first kappa shape index (κ1) is 12.4. The van der Waals surface area contributed by atoms with Crippen LogP contribution in [0.3, 0.4) is 0 Å². The quantitative estimate of drug-likeness (QED) is 0.886. The number of carboxylic acids is 1. The van der Waals surface area contributed by atoms with E-state index in [-0.39, 0.29) is 0 Å². The van der Waals surface area contributed by atoms with Crippen molar-refractivity contribution in [2.45, 2.75) is 32.1 Å². The van der Waals surface area contributed by atoms with E-state index in [0.29, 0.717) is 18.3 Å². The molecule has 0 aliphatic heterocycles. The summed E-state index contributed by atoms with van der Waals surface area (Å²) in [4.78, 5) is 10.8. The third kappa shape index (κ3) is 3.47. The van der Waals surface area contributed by atoms with Crippen LogP contribution < -0.4 is 0 Å². The lowest BCUT2D eigenvalue weighted by Crippen LogP contribution is -2.14. The second-order valence-corrected chi connectivity index (χ2v) is 5.32. The molecule has 0 heterocycles. The number of hydrogen-bond donors (Lipinski definition) is 1. The Balaban J connectivity index is 1.97. The van der Waals surface area contributed by atoms with Gasteiger partial charge in [-0.25, -0.2) is 0 Å². The molecule has 2 atom stereocenters. The molecule has 0 saturated heterocycles. The predicted octanol–water partition coefficient (Wildman–Crippen LogP) is 3.77. The smallest absolute Gasteiger partial charge is 0.303 e. The topological polar surface area (TPSA) is 37.3 Å². The highest BCUT2D eigenvalue weighted by Gasteiger charge is 2.28. The van der Waals surface area contributed by atoms with E-state index in [9.17, 15) is 4.79 Å². The number of carbonyl (C=O) groups is 1. The summed E-state index contributed by atoms with van der Waals surface area (Å²) in [5, 5.41) is 9.63. The average molecular weight is 253 g/mol. The number of aliphatic carboxylic acids is 1. The van der Waals surface area contributed by atoms with Crippen molar-refractivity contribution in [2.24, 2.45) is 11.8 Å². The SMILES string of the molecule is O=C(O)CC1CCCC1Cc1ccc(Cl)cc1. The van der Waals surface area contributed by atoms with Gasteiger partial charge in [0.2, 0.25) is 0 Å². The van der Waals surface area contributed by atoms with Crippen LogP contribution in [0, 0.1) is 11.8 Å². The highest BCUT2D eigenvalue weighted by Crippen LogP contribution is 2.36. The largest absolute Gasteiger partial charge is 0.481 e. The Morgan fingerprint density at radius 2 is 1.88 bits per heavy atom. The summed E-state index contributed by atoms with van der Waals surface area (Å²) in [5.74, 6) is 0.202. The second kappa shape index (κ2) is 5.54. The van der Waals surface area contributed by atoms with Crippen LogP contribution in [0.1, 0.15) is 31.2 Å². The van der Waals surface area contributed by atoms with Crippen LogP contribution in [0.2, 0.25) is 5.02 Å². The van der Waals surface area contributed by atoms with Gasteiger partial charge in [-0.2, -0.15) is 0 Å². The van der Waals surface area contributed by atoms with Crippen LogP contribution in [-0.2, 0) is 11.2 Å². The number of hydrogen-bond acceptors (Lipinski definition) is 1. The maximum absolute atomic E-state index is 10.8. The zero-order valence-corrected chi connectivity index (χ0v) is 10.5. The Labute approximate surface area is 107 Å². The van der Waals surface area contributed by atoms with E-state index < -0.39 is 5.97 Å². The van der Waals surface area contributed by atoms with E-state index in [4.69, 9.17) is 16.7 Å². The van der Waals surface area contributed by atoms with E-state index in [1.807, 2.05) is 24.3 Å². The fraction of sp³-hybridized carbons (Fsp3) is 0.500. The van der Waals surface area contributed by atoms with Gasteiger partial charge in [0.25, 0.3) is 0 Å². The molecule has 1 fully saturated rings. The summed E-state index contributed by atoms with van der Waals surface area (Å²) in [6.45, 7) is 0. The molecule has 1 saturated carbocycles. The lowest BCUT2D eigenvalue weighted by molar-refractivity contribution is -0.138. The van der Waals surface area contributed by atoms with Crippen molar-refractivity contribution in [3.05, 3.63) is 34.9 Å². The molecule has 17 heavy (non-hydrogen) atoms. The number of halogens is 1. The molecular weight excluding hydrogens is 236 g/mol. The van der Waals surface area contributed by atoms with Crippen molar-refractivity contribution in [1.29, 1.82) is 0 Å². The molecular formula is C14H17ClO2. The molecule has 2 rings (SSSR count). The highest BCUT2D eigenvalue weighted by molar-refractivity contribution is 6.30. The van der Waals surface area contributed by atoms with Crippen molar-refractivity contribution >= 4 is 17.6 Å². The van der Waals surface area contributed by atoms with E-state index >= 15 is 0 Å². The molecule has 2 nitrogen and oxygen atoms in total. The van der Waals surface area contributed by atoms with Crippen molar-refractivity contribution in [2.75, 3.05) is 0 Å². The molecule has 0 spiro atoms. The molecule has 1 N–H and O–H groups in total. The molecule has 1 aliphatic rings. The van der Waals surface area contributed by atoms with Gasteiger partial charge < -0.3 is 5.11 Å². The van der Waals surface area contributed by atoms with Gasteiger partial charge in [0.1, 0.15) is 0 Å². The van der Waals surface area contributed by atoms with E-state index in [1.54, 1.807) is 0 Å². The van der Waals surface area contributed by atoms with Crippen molar-refractivity contribution < 1.29 is 9.90 Å². The van der Waals surface area contributed by atoms with Gasteiger partial charge in [-0.05, 0) is 48.8 Å². The van der Waals surface area contributed by atoms with Gasteiger partial charge >= 0.3 is 5.97 Å². The molecule has 92 valence electrons. The Kier molecular flexibility index (Phi) is 4.06. The predicted molar refractivity (Wildman–Crippen MR) is 68.2 cm³/mol. The molecule has 1 aromatic rings. The minimum absolute atomic E-state index is 0.318. The molecule has 0 amide bonds. The number of benzene rings is 1. The maximum Gasteiger partial charge on any atom is 0.303 e. The van der Waals surface area contributed by atoms with Crippen LogP contribution in [0.15, 0.2) is 24.3 Å². The van der Waals surface area contributed by atoms with E-state index in [1.165, 1.54) is 5.56 Å². The molecule has 0 bridgehead atoms. The van der Waals surface area contributed by atoms with E-state index in [0.717, 1.165) is 30.7 Å². The Morgan fingerprint density at radius 3 is 2.53 bits per heavy atom. The number of rotatable bonds is 4. The van der Waals surface area contributed by atoms with Crippen molar-refractivity contribution in [3.8, 4) is 0 Å². The fourth-order valence-corrected chi connectivity index (χ4v) is 2.92. The fourth-order valence-electron chi connectivity index (χ4n) is 2.80. The lowest BCUT2D eigenvalue weighted by atomic mass is 9.87. The van der Waals surface area contributed by atoms with Crippen LogP contribution in [0.5, 0.6) is 0 Å². The Morgan fingerprint density at radius 1 is 1.24 bits per heavy atom. The molecule has 0 aromatic heterocycles. The minimum Gasteiger partial charge on any atom is -0.481 e. The molecule has 1 aliphatic carbocycles. The number of carboxylic acid groups (broad SMARTS) is 1. The molecule has 1 aromatic carbocycles. The van der Waals surface area contributed by atoms with E-state index in [2.05, 4.69) is 0 Å². The lowest BCUT2D eigenvalue weighted by Gasteiger charge is -2.17. The van der Waals surface area contributed by atoms with Crippen molar-refractivity contribution in [1.82, 2.24) is 0 Å². The summed E-state index contributed by atoms with van der Waals surface area (Å²) in [6, 6.07) is 7.88. The first-order chi connectivity index (χ1) is 8.15. The van der Waals surface area contributed by atoms with Gasteiger partial charge in [-0.3, -0.25) is 4.79 Å². The van der Waals surface area contributed by atoms with Crippen LogP contribution in [0.4, 0.5) is 0 Å². The molecule has 0 radical (unpaired) electrons. The van der Waals surface area contributed by atoms with Crippen LogP contribution >= 0.6 is 11.6 Å². The highest BCUT2D eigenvalue weighted by atomic mass is 35.5. The normalized spacial score (nSPS) is 23.8. The monoisotopic (exact) mass is 252 g/mol. The molecule has 2 unspecified atom stereocenters. The van der Waals surface area contributed by atoms with Crippen LogP contribution in [0.25, 0.3) is 0 Å². The second-order valence-electron chi connectivity index (χ2n) is 4.88. The summed E-state index contributed by atoms with van der Waals surface area (Å²) in [5.41, 5.74) is 1.26. The summed E-state index contributed by atoms with van der Waals surface area (Å²) in [7, 11) is 0. The third-order valence-electron chi connectivity index (χ3n) is 3.66. The molecule has 3 heteroatoms. The van der Waals surface area contributed by atoms with Crippen LogP contribution in [-0.4, -0.2) is 11.1 Å². The summed E-state index contributed by atoms with van der Waals surface area (Å²) in [6.07, 6.45) is 4.68. The van der Waals surface area contributed by atoms with Gasteiger partial charge in [0, 0.05) is 11.4 Å². The summed E-state index contributed by atoms with van der Waals surface area (Å²) >= 11 is 5.85. The minimum atomic E-state index is -0.669. The van der Waals surface area contributed by atoms with Crippen molar-refractivity contribution in [3.63, 3.8) is 0 Å².